The van der Waals surface area contributed by atoms with Gasteiger partial charge in [0.25, 0.3) is 0 Å². The molecule has 0 aliphatic carbocycles. The average molecular weight is 483 g/mol. The fraction of sp³-hybridized carbons (Fsp3) is 0.889. The van der Waals surface area contributed by atoms with Gasteiger partial charge in [-0.2, -0.15) is 0 Å². The van der Waals surface area contributed by atoms with E-state index in [1.54, 1.807) is 7.05 Å². The van der Waals surface area contributed by atoms with Crippen molar-refractivity contribution < 1.29 is 9.53 Å². The third-order valence-corrected chi connectivity index (χ3v) is 4.32. The van der Waals surface area contributed by atoms with E-state index in [2.05, 4.69) is 39.7 Å². The summed E-state index contributed by atoms with van der Waals surface area (Å²) >= 11 is 0. The Labute approximate surface area is 176 Å². The molecule has 0 spiro atoms. The smallest absolute Gasteiger partial charge is 0.407 e. The van der Waals surface area contributed by atoms with Gasteiger partial charge in [-0.1, -0.05) is 6.92 Å². The summed E-state index contributed by atoms with van der Waals surface area (Å²) in [5.41, 5.74) is -0.475. The minimum absolute atomic E-state index is 0. The van der Waals surface area contributed by atoms with Crippen molar-refractivity contribution in [2.75, 3.05) is 39.8 Å². The number of nitrogens with one attached hydrogen (secondary N) is 3. The molecule has 1 unspecified atom stereocenters. The lowest BCUT2D eigenvalue weighted by molar-refractivity contribution is 0.0529. The molecule has 1 amide bonds. The lowest BCUT2D eigenvalue weighted by Gasteiger charge is -2.35. The molecule has 1 heterocycles. The molecule has 0 saturated carbocycles. The highest BCUT2D eigenvalue weighted by Gasteiger charge is 2.20. The molecule has 7 nitrogen and oxygen atoms in total. The van der Waals surface area contributed by atoms with Crippen molar-refractivity contribution in [3.05, 3.63) is 0 Å². The van der Waals surface area contributed by atoms with Gasteiger partial charge in [0, 0.05) is 32.7 Å². The predicted octanol–water partition coefficient (Wildman–Crippen LogP) is 2.41. The summed E-state index contributed by atoms with van der Waals surface area (Å²) in [5.74, 6) is 1.60. The van der Waals surface area contributed by atoms with Crippen molar-refractivity contribution >= 4 is 36.0 Å². The van der Waals surface area contributed by atoms with E-state index in [1.807, 2.05) is 20.8 Å². The number of hydrogen-bond acceptors (Lipinski definition) is 4. The summed E-state index contributed by atoms with van der Waals surface area (Å²) in [4.78, 5) is 18.3. The number of nitrogens with zero attached hydrogens (tertiary/aromatic N) is 2. The third kappa shape index (κ3) is 11.1. The molecule has 8 heteroatoms. The molecule has 3 N–H and O–H groups in total. The fourth-order valence-corrected chi connectivity index (χ4v) is 2.72. The van der Waals surface area contributed by atoms with Crippen LogP contribution in [0, 0.1) is 5.92 Å². The number of piperidine rings is 1. The zero-order valence-electron chi connectivity index (χ0n) is 17.2. The Hall–Kier alpha value is -0.770. The van der Waals surface area contributed by atoms with Crippen LogP contribution in [0.3, 0.4) is 0 Å². The number of guanidine groups is 1. The van der Waals surface area contributed by atoms with E-state index >= 15 is 0 Å². The number of amides is 1. The Kier molecular flexibility index (Phi) is 12.2. The zero-order valence-corrected chi connectivity index (χ0v) is 19.6. The highest BCUT2D eigenvalue weighted by atomic mass is 127. The van der Waals surface area contributed by atoms with Gasteiger partial charge in [0.2, 0.25) is 0 Å². The molecule has 1 rings (SSSR count). The minimum Gasteiger partial charge on any atom is -0.444 e. The second-order valence-corrected chi connectivity index (χ2v) is 7.88. The topological polar surface area (TPSA) is 78.0 Å². The van der Waals surface area contributed by atoms with E-state index in [0.717, 1.165) is 18.4 Å². The molecule has 1 aliphatic rings. The predicted molar refractivity (Wildman–Crippen MR) is 118 cm³/mol. The van der Waals surface area contributed by atoms with Gasteiger partial charge in [-0.25, -0.2) is 4.79 Å². The van der Waals surface area contributed by atoms with Gasteiger partial charge >= 0.3 is 6.09 Å². The van der Waals surface area contributed by atoms with Gasteiger partial charge < -0.3 is 20.7 Å². The van der Waals surface area contributed by atoms with E-state index in [9.17, 15) is 4.79 Å². The van der Waals surface area contributed by atoms with Crippen molar-refractivity contribution in [3.63, 3.8) is 0 Å². The molecular weight excluding hydrogens is 445 g/mol. The zero-order chi connectivity index (χ0) is 18.9. The molecular formula is C18H38IN5O2. The van der Waals surface area contributed by atoms with Gasteiger partial charge in [0.05, 0.1) is 0 Å². The number of carbonyl (C=O) groups excluding carboxylic acids is 1. The summed E-state index contributed by atoms with van der Waals surface area (Å²) in [6.07, 6.45) is 2.17. The summed E-state index contributed by atoms with van der Waals surface area (Å²) in [7, 11) is 1.75. The van der Waals surface area contributed by atoms with Gasteiger partial charge in [0.1, 0.15) is 5.60 Å². The second kappa shape index (κ2) is 12.6. The van der Waals surface area contributed by atoms with Gasteiger partial charge in [-0.05, 0) is 59.5 Å². The number of ether oxygens (including phenoxy) is 1. The molecule has 0 aromatic heterocycles. The molecule has 1 aliphatic heterocycles. The van der Waals surface area contributed by atoms with E-state index in [0.29, 0.717) is 19.1 Å². The summed E-state index contributed by atoms with van der Waals surface area (Å²) in [6, 6.07) is 0.478. The van der Waals surface area contributed by atoms with Crippen molar-refractivity contribution in [1.29, 1.82) is 0 Å². The maximum atomic E-state index is 11.6. The van der Waals surface area contributed by atoms with Crippen LogP contribution in [0.25, 0.3) is 0 Å². The normalized spacial score (nSPS) is 17.8. The maximum absolute atomic E-state index is 11.6. The largest absolute Gasteiger partial charge is 0.444 e. The Morgan fingerprint density at radius 3 is 2.31 bits per heavy atom. The molecule has 0 bridgehead atoms. The van der Waals surface area contributed by atoms with Gasteiger partial charge in [-0.15, -0.1) is 24.0 Å². The molecule has 1 saturated heterocycles. The van der Waals surface area contributed by atoms with Gasteiger partial charge in [-0.3, -0.25) is 9.89 Å². The highest BCUT2D eigenvalue weighted by Crippen LogP contribution is 2.17. The second-order valence-electron chi connectivity index (χ2n) is 7.88. The Morgan fingerprint density at radius 1 is 1.19 bits per heavy atom. The van der Waals surface area contributed by atoms with Crippen LogP contribution in [0.2, 0.25) is 0 Å². The van der Waals surface area contributed by atoms with Crippen LogP contribution in [-0.4, -0.2) is 68.4 Å². The molecule has 26 heavy (non-hydrogen) atoms. The molecule has 0 aromatic rings. The first-order valence-electron chi connectivity index (χ1n) is 9.36. The quantitative estimate of drug-likeness (QED) is 0.234. The summed E-state index contributed by atoms with van der Waals surface area (Å²) in [5, 5.41) is 9.29. The summed E-state index contributed by atoms with van der Waals surface area (Å²) < 4.78 is 5.20. The van der Waals surface area contributed by atoms with Crippen LogP contribution in [0.1, 0.15) is 47.5 Å². The number of likely N-dealkylation sites (tertiary alicyclic amines) is 1. The number of alkyl carbamates (subject to hydrolysis) is 1. The molecule has 0 radical (unpaired) electrons. The fourth-order valence-electron chi connectivity index (χ4n) is 2.72. The lowest BCUT2D eigenvalue weighted by Crippen LogP contribution is -2.49. The van der Waals surface area contributed by atoms with Crippen LogP contribution in [-0.2, 0) is 4.74 Å². The Morgan fingerprint density at radius 2 is 1.77 bits per heavy atom. The van der Waals surface area contributed by atoms with Gasteiger partial charge in [0.15, 0.2) is 5.96 Å². The minimum atomic E-state index is -0.475. The lowest BCUT2D eigenvalue weighted by atomic mass is 9.98. The average Bonchev–Trinajstić information content (AvgIpc) is 2.53. The maximum Gasteiger partial charge on any atom is 0.407 e. The molecule has 1 fully saturated rings. The van der Waals surface area contributed by atoms with Crippen molar-refractivity contribution in [3.8, 4) is 0 Å². The van der Waals surface area contributed by atoms with E-state index in [4.69, 9.17) is 4.74 Å². The van der Waals surface area contributed by atoms with Crippen LogP contribution < -0.4 is 16.0 Å². The number of halogens is 1. The first-order chi connectivity index (χ1) is 11.7. The number of rotatable bonds is 6. The molecule has 1 atom stereocenters. The standard InChI is InChI=1S/C18H37N5O2.HI/c1-14-7-11-23(12-8-14)15(2)13-22-16(19-6)20-9-10-21-17(24)25-18(3,4)5;/h14-15H,7-13H2,1-6H3,(H,21,24)(H2,19,20,22);1H. The third-order valence-electron chi connectivity index (χ3n) is 4.32. The van der Waals surface area contributed by atoms with Crippen LogP contribution in [0.15, 0.2) is 4.99 Å². The number of aliphatic imine (C=N–C) groups is 1. The van der Waals surface area contributed by atoms with E-state index in [-0.39, 0.29) is 24.0 Å². The first-order valence-corrected chi connectivity index (χ1v) is 9.36. The van der Waals surface area contributed by atoms with Crippen LogP contribution >= 0.6 is 24.0 Å². The van der Waals surface area contributed by atoms with E-state index < -0.39 is 11.7 Å². The number of carbonyl (C=O) groups is 1. The molecule has 154 valence electrons. The Bertz CT molecular complexity index is 432. The van der Waals surface area contributed by atoms with Crippen LogP contribution in [0.5, 0.6) is 0 Å². The summed E-state index contributed by atoms with van der Waals surface area (Å²) in [6.45, 7) is 14.4. The van der Waals surface area contributed by atoms with Crippen molar-refractivity contribution in [1.82, 2.24) is 20.9 Å². The molecule has 0 aromatic carbocycles. The van der Waals surface area contributed by atoms with E-state index in [1.165, 1.54) is 25.9 Å². The highest BCUT2D eigenvalue weighted by molar-refractivity contribution is 14.0. The Balaban J connectivity index is 0.00000625. The SMILES string of the molecule is CN=C(NCCNC(=O)OC(C)(C)C)NCC(C)N1CCC(C)CC1.I. The first kappa shape index (κ1) is 25.2. The monoisotopic (exact) mass is 483 g/mol. The van der Waals surface area contributed by atoms with Crippen molar-refractivity contribution in [2.24, 2.45) is 10.9 Å². The van der Waals surface area contributed by atoms with Crippen molar-refractivity contribution in [2.45, 2.75) is 59.1 Å². The number of hydrogen-bond donors (Lipinski definition) is 3. The van der Waals surface area contributed by atoms with Crippen LogP contribution in [0.4, 0.5) is 4.79 Å².